The lowest BCUT2D eigenvalue weighted by Gasteiger charge is -2.27. The van der Waals surface area contributed by atoms with Gasteiger partial charge in [-0.1, -0.05) is 19.6 Å². The van der Waals surface area contributed by atoms with E-state index in [2.05, 4.69) is 35.0 Å². The van der Waals surface area contributed by atoms with Gasteiger partial charge in [0.2, 0.25) is 11.8 Å². The topological polar surface area (TPSA) is 123 Å². The molecule has 3 amide bonds. The zero-order chi connectivity index (χ0) is 21.6. The maximum Gasteiger partial charge on any atom is 0.269 e. The lowest BCUT2D eigenvalue weighted by molar-refractivity contribution is -0.140. The highest BCUT2D eigenvalue weighted by Gasteiger charge is 2.55. The number of primary amides is 1. The molecule has 3 N–H and O–H groups in total. The number of fused-ring (bicyclic) bond motifs is 2. The second-order valence-electron chi connectivity index (χ2n) is 9.48. The normalized spacial score (nSPS) is 22.8. The third-order valence-corrected chi connectivity index (χ3v) is 7.69. The Bertz CT molecular complexity index is 1010. The molecule has 30 heavy (non-hydrogen) atoms. The third-order valence-electron chi connectivity index (χ3n) is 5.94. The van der Waals surface area contributed by atoms with Crippen LogP contribution in [0.4, 0.5) is 0 Å². The molecule has 2 aromatic heterocycles. The number of rotatable bonds is 7. The molecule has 1 saturated carbocycles. The van der Waals surface area contributed by atoms with Crippen molar-refractivity contribution in [1.29, 1.82) is 0 Å². The summed E-state index contributed by atoms with van der Waals surface area (Å²) in [6.07, 6.45) is 4.77. The van der Waals surface area contributed by atoms with Crippen LogP contribution in [0, 0.1) is 5.92 Å². The van der Waals surface area contributed by atoms with Crippen LogP contribution in [0.5, 0.6) is 0 Å². The molecule has 9 nitrogen and oxygen atoms in total. The second kappa shape index (κ2) is 7.49. The van der Waals surface area contributed by atoms with Gasteiger partial charge in [0, 0.05) is 32.2 Å². The van der Waals surface area contributed by atoms with Crippen LogP contribution in [0.15, 0.2) is 18.5 Å². The number of nitrogens with zero attached hydrogens (tertiary/aromatic N) is 4. The summed E-state index contributed by atoms with van der Waals surface area (Å²) >= 11 is 0. The number of amides is 3. The van der Waals surface area contributed by atoms with Crippen molar-refractivity contribution in [3.05, 3.63) is 24.2 Å². The number of piperidine rings is 1. The molecule has 1 aliphatic heterocycles. The van der Waals surface area contributed by atoms with Crippen LogP contribution in [0.2, 0.25) is 25.7 Å². The maximum atomic E-state index is 13.2. The fraction of sp³-hybridized carbons (Fsp3) is 0.550. The molecule has 2 fully saturated rings. The summed E-state index contributed by atoms with van der Waals surface area (Å²) < 4.78 is 1.46. The molecular weight excluding hydrogens is 400 g/mol. The van der Waals surface area contributed by atoms with Gasteiger partial charge in [-0.3, -0.25) is 24.0 Å². The first kappa shape index (κ1) is 20.5. The molecule has 4 rings (SSSR count). The lowest BCUT2D eigenvalue weighted by atomic mass is 10.1. The van der Waals surface area contributed by atoms with E-state index in [-0.39, 0.29) is 30.1 Å². The molecule has 3 atom stereocenters. The zero-order valence-corrected chi connectivity index (χ0v) is 18.6. The number of carbonyl (C=O) groups is 3. The second-order valence-corrected chi connectivity index (χ2v) is 15.1. The van der Waals surface area contributed by atoms with Gasteiger partial charge in [-0.05, 0) is 30.9 Å². The van der Waals surface area contributed by atoms with Gasteiger partial charge in [0.15, 0.2) is 5.69 Å². The Morgan fingerprint density at radius 1 is 1.27 bits per heavy atom. The average Bonchev–Trinajstić information content (AvgIpc) is 3.17. The number of likely N-dealkylation sites (tertiary alicyclic amines) is 1. The Labute approximate surface area is 176 Å². The summed E-state index contributed by atoms with van der Waals surface area (Å²) in [5.41, 5.74) is 6.12. The van der Waals surface area contributed by atoms with Crippen LogP contribution < -0.4 is 11.1 Å². The standard InChI is InChI=1S/C20H28N6O3Si/c1-30(2,3)7-6-23-20(29)15-9-12-8-14(12)26(15)17(27)11-25-16-10-22-5-4-13(16)18(24-25)19(21)28/h4-5,10,12,14-15H,6-9,11H2,1-3H3,(H2,21,28)(H,23,29)/t12-,14-,15+/m1/s1. The van der Waals surface area contributed by atoms with Crippen LogP contribution in [-0.2, 0) is 16.1 Å². The van der Waals surface area contributed by atoms with Crippen molar-refractivity contribution in [3.63, 3.8) is 0 Å². The van der Waals surface area contributed by atoms with Crippen molar-refractivity contribution in [3.8, 4) is 0 Å². The summed E-state index contributed by atoms with van der Waals surface area (Å²) in [5.74, 6) is -0.493. The van der Waals surface area contributed by atoms with E-state index in [1.165, 1.54) is 4.68 Å². The van der Waals surface area contributed by atoms with E-state index >= 15 is 0 Å². The highest BCUT2D eigenvalue weighted by Crippen LogP contribution is 2.48. The average molecular weight is 429 g/mol. The van der Waals surface area contributed by atoms with Gasteiger partial charge < -0.3 is 16.0 Å². The minimum atomic E-state index is -1.24. The zero-order valence-electron chi connectivity index (χ0n) is 17.6. The molecule has 10 heteroatoms. The maximum absolute atomic E-state index is 13.2. The van der Waals surface area contributed by atoms with E-state index in [1.54, 1.807) is 23.4 Å². The van der Waals surface area contributed by atoms with E-state index in [1.807, 2.05) is 0 Å². The Hall–Kier alpha value is -2.75. The number of pyridine rings is 1. The highest BCUT2D eigenvalue weighted by atomic mass is 28.3. The monoisotopic (exact) mass is 428 g/mol. The van der Waals surface area contributed by atoms with Crippen LogP contribution in [0.25, 0.3) is 10.9 Å². The van der Waals surface area contributed by atoms with E-state index in [4.69, 9.17) is 5.73 Å². The Balaban J connectivity index is 1.49. The van der Waals surface area contributed by atoms with E-state index in [9.17, 15) is 14.4 Å². The van der Waals surface area contributed by atoms with Crippen LogP contribution in [0.3, 0.4) is 0 Å². The van der Waals surface area contributed by atoms with E-state index < -0.39 is 20.0 Å². The minimum Gasteiger partial charge on any atom is -0.364 e. The number of aromatic nitrogens is 3. The molecule has 2 aliphatic rings. The first-order valence-electron chi connectivity index (χ1n) is 10.3. The van der Waals surface area contributed by atoms with Crippen molar-refractivity contribution in [2.75, 3.05) is 6.54 Å². The number of hydrogen-bond acceptors (Lipinski definition) is 5. The van der Waals surface area contributed by atoms with Crippen molar-refractivity contribution in [2.45, 2.75) is 57.2 Å². The largest absolute Gasteiger partial charge is 0.364 e. The van der Waals surface area contributed by atoms with Gasteiger partial charge in [0.1, 0.15) is 12.6 Å². The van der Waals surface area contributed by atoms with Gasteiger partial charge in [-0.2, -0.15) is 5.10 Å². The molecule has 2 aromatic rings. The lowest BCUT2D eigenvalue weighted by Crippen LogP contribution is -2.49. The van der Waals surface area contributed by atoms with Crippen LogP contribution >= 0.6 is 0 Å². The van der Waals surface area contributed by atoms with Crippen molar-refractivity contribution < 1.29 is 14.4 Å². The number of carbonyl (C=O) groups excluding carboxylic acids is 3. The fourth-order valence-corrected chi connectivity index (χ4v) is 5.14. The number of nitrogens with one attached hydrogen (secondary N) is 1. The van der Waals surface area contributed by atoms with Gasteiger partial charge in [-0.25, -0.2) is 0 Å². The number of hydrogen-bond donors (Lipinski definition) is 2. The van der Waals surface area contributed by atoms with Gasteiger partial charge in [-0.15, -0.1) is 0 Å². The van der Waals surface area contributed by atoms with Gasteiger partial charge >= 0.3 is 0 Å². The predicted molar refractivity (Wildman–Crippen MR) is 114 cm³/mol. The van der Waals surface area contributed by atoms with Crippen molar-refractivity contribution in [1.82, 2.24) is 25.0 Å². The summed E-state index contributed by atoms with van der Waals surface area (Å²) in [7, 11) is -1.24. The summed E-state index contributed by atoms with van der Waals surface area (Å²) in [5, 5.41) is 7.84. The minimum absolute atomic E-state index is 0.0582. The Kier molecular flexibility index (Phi) is 5.13. The molecule has 160 valence electrons. The van der Waals surface area contributed by atoms with Gasteiger partial charge in [0.05, 0.1) is 11.7 Å². The molecule has 0 spiro atoms. The first-order valence-corrected chi connectivity index (χ1v) is 14.1. The summed E-state index contributed by atoms with van der Waals surface area (Å²) in [6.45, 7) is 7.40. The molecular formula is C20H28N6O3Si. The number of nitrogens with two attached hydrogens (primary N) is 1. The third kappa shape index (κ3) is 3.96. The van der Waals surface area contributed by atoms with Gasteiger partial charge in [0.25, 0.3) is 5.91 Å². The van der Waals surface area contributed by atoms with Crippen molar-refractivity contribution >= 4 is 36.7 Å². The first-order chi connectivity index (χ1) is 14.2. The molecule has 0 aromatic carbocycles. The summed E-state index contributed by atoms with van der Waals surface area (Å²) in [6, 6.07) is 2.36. The SMILES string of the molecule is C[Si](C)(C)CCNC(=O)[C@@H]1C[C@H]2C[C@H]2N1C(=O)Cn1nc(C(N)=O)c2ccncc21. The van der Waals surface area contributed by atoms with E-state index in [0.717, 1.165) is 12.5 Å². The van der Waals surface area contributed by atoms with Crippen LogP contribution in [0.1, 0.15) is 23.3 Å². The quantitative estimate of drug-likeness (QED) is 0.636. The molecule has 0 bridgehead atoms. The highest BCUT2D eigenvalue weighted by molar-refractivity contribution is 6.76. The molecule has 0 unspecified atom stereocenters. The molecule has 0 radical (unpaired) electrons. The summed E-state index contributed by atoms with van der Waals surface area (Å²) in [4.78, 5) is 43.5. The molecule has 1 aliphatic carbocycles. The van der Waals surface area contributed by atoms with Crippen molar-refractivity contribution in [2.24, 2.45) is 11.7 Å². The van der Waals surface area contributed by atoms with E-state index in [0.29, 0.717) is 29.8 Å². The molecule has 3 heterocycles. The predicted octanol–water partition coefficient (Wildman–Crippen LogP) is 0.974. The Morgan fingerprint density at radius 3 is 2.73 bits per heavy atom. The fourth-order valence-electron chi connectivity index (χ4n) is 4.26. The molecule has 1 saturated heterocycles. The smallest absolute Gasteiger partial charge is 0.269 e. The Morgan fingerprint density at radius 2 is 2.03 bits per heavy atom. The van der Waals surface area contributed by atoms with Crippen LogP contribution in [-0.4, -0.2) is 64.1 Å².